The molecule has 0 saturated carbocycles. The number of hydrogen-bond acceptors (Lipinski definition) is 4. The van der Waals surface area contributed by atoms with Crippen LogP contribution < -0.4 is 4.74 Å². The maximum Gasteiger partial charge on any atom is 0.322 e. The Morgan fingerprint density at radius 2 is 2.12 bits per heavy atom. The Morgan fingerprint density at radius 1 is 1.29 bits per heavy atom. The molecule has 0 fully saturated rings. The van der Waals surface area contributed by atoms with Crippen LogP contribution in [0.4, 0.5) is 0 Å². The van der Waals surface area contributed by atoms with Crippen LogP contribution >= 0.6 is 15.9 Å². The van der Waals surface area contributed by atoms with E-state index in [1.807, 2.05) is 31.2 Å². The van der Waals surface area contributed by atoms with E-state index in [-0.39, 0.29) is 12.6 Å². The Bertz CT molecular complexity index is 532. The summed E-state index contributed by atoms with van der Waals surface area (Å²) in [5.41, 5.74) is 1.30. The van der Waals surface area contributed by atoms with E-state index in [0.717, 1.165) is 10.2 Å². The van der Waals surface area contributed by atoms with Crippen molar-refractivity contribution in [1.82, 2.24) is 9.97 Å². The largest absolute Gasteiger partial charge is 0.424 e. The summed E-state index contributed by atoms with van der Waals surface area (Å²) in [7, 11) is 0. The monoisotopic (exact) mass is 294 g/mol. The molecule has 0 bridgehead atoms. The highest BCUT2D eigenvalue weighted by Crippen LogP contribution is 2.22. The van der Waals surface area contributed by atoms with Crippen LogP contribution in [0.2, 0.25) is 0 Å². The molecule has 0 radical (unpaired) electrons. The molecule has 2 aromatic rings. The molecule has 2 rings (SSSR count). The third-order valence-electron chi connectivity index (χ3n) is 2.05. The summed E-state index contributed by atoms with van der Waals surface area (Å²) in [6.07, 6.45) is 0. The fourth-order valence-corrected chi connectivity index (χ4v) is 1.75. The van der Waals surface area contributed by atoms with Crippen molar-refractivity contribution in [3.05, 3.63) is 46.2 Å². The van der Waals surface area contributed by atoms with Gasteiger partial charge in [-0.3, -0.25) is 0 Å². The summed E-state index contributed by atoms with van der Waals surface area (Å²) in [4.78, 5) is 8.23. The van der Waals surface area contributed by atoms with E-state index in [9.17, 15) is 0 Å². The van der Waals surface area contributed by atoms with Crippen molar-refractivity contribution in [2.75, 3.05) is 0 Å². The lowest BCUT2D eigenvalue weighted by Gasteiger charge is -2.06. The summed E-state index contributed by atoms with van der Waals surface area (Å²) in [6, 6.07) is 9.37. The Hall–Kier alpha value is -1.46. The van der Waals surface area contributed by atoms with E-state index < -0.39 is 0 Å². The average Bonchev–Trinajstić information content (AvgIpc) is 2.28. The van der Waals surface area contributed by atoms with Crippen LogP contribution in [0.25, 0.3) is 0 Å². The summed E-state index contributed by atoms with van der Waals surface area (Å²) in [6.45, 7) is 1.70. The first-order valence-corrected chi connectivity index (χ1v) is 5.85. The molecule has 0 unspecified atom stereocenters. The molecule has 0 aliphatic heterocycles. The van der Waals surface area contributed by atoms with Gasteiger partial charge in [-0.2, -0.15) is 4.98 Å². The van der Waals surface area contributed by atoms with E-state index in [4.69, 9.17) is 9.84 Å². The van der Waals surface area contributed by atoms with E-state index in [1.54, 1.807) is 6.07 Å². The predicted octanol–water partition coefficient (Wildman–Crippen LogP) is 2.83. The second-order valence-corrected chi connectivity index (χ2v) is 4.42. The van der Waals surface area contributed by atoms with E-state index in [0.29, 0.717) is 11.4 Å². The molecule has 1 heterocycles. The number of rotatable bonds is 3. The molecule has 17 heavy (non-hydrogen) atoms. The quantitative estimate of drug-likeness (QED) is 0.946. The topological polar surface area (TPSA) is 55.2 Å². The van der Waals surface area contributed by atoms with Crippen molar-refractivity contribution in [3.63, 3.8) is 0 Å². The van der Waals surface area contributed by atoms with Gasteiger partial charge in [0.05, 0.1) is 12.3 Å². The second-order valence-electron chi connectivity index (χ2n) is 3.50. The molecular formula is C12H11BrN2O2. The van der Waals surface area contributed by atoms with Gasteiger partial charge in [0.15, 0.2) is 0 Å². The van der Waals surface area contributed by atoms with Crippen molar-refractivity contribution in [2.24, 2.45) is 0 Å². The number of aliphatic hydroxyl groups excluding tert-OH is 1. The number of aliphatic hydroxyl groups is 1. The fraction of sp³-hybridized carbons (Fsp3) is 0.167. The van der Waals surface area contributed by atoms with Crippen LogP contribution in [-0.4, -0.2) is 15.1 Å². The van der Waals surface area contributed by atoms with Crippen LogP contribution in [0.15, 0.2) is 34.8 Å². The van der Waals surface area contributed by atoms with Gasteiger partial charge in [-0.25, -0.2) is 4.98 Å². The predicted molar refractivity (Wildman–Crippen MR) is 66.9 cm³/mol. The summed E-state index contributed by atoms with van der Waals surface area (Å²) >= 11 is 3.36. The first kappa shape index (κ1) is 12.0. The molecule has 5 heteroatoms. The first-order valence-electron chi connectivity index (χ1n) is 5.06. The zero-order valence-electron chi connectivity index (χ0n) is 9.22. The number of ether oxygens (including phenoxy) is 1. The van der Waals surface area contributed by atoms with Crippen molar-refractivity contribution >= 4 is 15.9 Å². The molecule has 0 aliphatic rings. The highest BCUT2D eigenvalue weighted by Gasteiger charge is 2.04. The van der Waals surface area contributed by atoms with Gasteiger partial charge >= 0.3 is 6.01 Å². The smallest absolute Gasteiger partial charge is 0.322 e. The van der Waals surface area contributed by atoms with Crippen LogP contribution in [0.3, 0.4) is 0 Å². The fourth-order valence-electron chi connectivity index (χ4n) is 1.37. The number of aryl methyl sites for hydroxylation is 1. The Kier molecular flexibility index (Phi) is 3.71. The van der Waals surface area contributed by atoms with Crippen molar-refractivity contribution in [2.45, 2.75) is 13.5 Å². The van der Waals surface area contributed by atoms with Crippen LogP contribution in [0.5, 0.6) is 11.8 Å². The summed E-state index contributed by atoms with van der Waals surface area (Å²) < 4.78 is 6.44. The van der Waals surface area contributed by atoms with Gasteiger partial charge in [-0.1, -0.05) is 22.0 Å². The van der Waals surface area contributed by atoms with Crippen LogP contribution in [0.1, 0.15) is 11.4 Å². The lowest BCUT2D eigenvalue weighted by atomic mass is 10.3. The summed E-state index contributed by atoms with van der Waals surface area (Å²) in [5, 5.41) is 9.04. The van der Waals surface area contributed by atoms with Gasteiger partial charge in [0.1, 0.15) is 5.75 Å². The molecule has 1 aromatic carbocycles. The average molecular weight is 295 g/mol. The molecule has 0 atom stereocenters. The lowest BCUT2D eigenvalue weighted by molar-refractivity contribution is 0.274. The minimum atomic E-state index is -0.127. The van der Waals surface area contributed by atoms with Crippen molar-refractivity contribution in [1.29, 1.82) is 0 Å². The standard InChI is InChI=1S/C12H11BrN2O2/c1-8-5-10(7-16)15-12(14-8)17-11-4-2-3-9(13)6-11/h2-6,16H,7H2,1H3. The lowest BCUT2D eigenvalue weighted by Crippen LogP contribution is -1.98. The third kappa shape index (κ3) is 3.25. The molecule has 88 valence electrons. The van der Waals surface area contributed by atoms with Gasteiger partial charge in [0.2, 0.25) is 0 Å². The minimum Gasteiger partial charge on any atom is -0.424 e. The van der Waals surface area contributed by atoms with E-state index in [1.165, 1.54) is 0 Å². The van der Waals surface area contributed by atoms with E-state index in [2.05, 4.69) is 25.9 Å². The van der Waals surface area contributed by atoms with Crippen LogP contribution in [-0.2, 0) is 6.61 Å². The molecule has 1 N–H and O–H groups in total. The number of halogens is 1. The first-order chi connectivity index (χ1) is 8.17. The van der Waals surface area contributed by atoms with Gasteiger partial charge in [0, 0.05) is 10.2 Å². The molecule has 4 nitrogen and oxygen atoms in total. The Morgan fingerprint density at radius 3 is 2.82 bits per heavy atom. The maximum atomic E-state index is 9.04. The normalized spacial score (nSPS) is 10.3. The molecular weight excluding hydrogens is 284 g/mol. The second kappa shape index (κ2) is 5.25. The van der Waals surface area contributed by atoms with Gasteiger partial charge < -0.3 is 9.84 Å². The molecule has 0 spiro atoms. The zero-order chi connectivity index (χ0) is 12.3. The molecule has 0 aliphatic carbocycles. The third-order valence-corrected chi connectivity index (χ3v) is 2.55. The van der Waals surface area contributed by atoms with Crippen LogP contribution in [0, 0.1) is 6.92 Å². The molecule has 0 amide bonds. The van der Waals surface area contributed by atoms with E-state index >= 15 is 0 Å². The molecule has 0 saturated heterocycles. The number of aromatic nitrogens is 2. The Balaban J connectivity index is 2.26. The summed E-state index contributed by atoms with van der Waals surface area (Å²) in [5.74, 6) is 0.647. The van der Waals surface area contributed by atoms with Crippen molar-refractivity contribution < 1.29 is 9.84 Å². The van der Waals surface area contributed by atoms with Gasteiger partial charge in [-0.15, -0.1) is 0 Å². The highest BCUT2D eigenvalue weighted by molar-refractivity contribution is 9.10. The minimum absolute atomic E-state index is 0.127. The SMILES string of the molecule is Cc1cc(CO)nc(Oc2cccc(Br)c2)n1. The van der Waals surface area contributed by atoms with Gasteiger partial charge in [-0.05, 0) is 31.2 Å². The highest BCUT2D eigenvalue weighted by atomic mass is 79.9. The van der Waals surface area contributed by atoms with Gasteiger partial charge in [0.25, 0.3) is 0 Å². The van der Waals surface area contributed by atoms with Crippen molar-refractivity contribution in [3.8, 4) is 11.8 Å². The number of benzene rings is 1. The Labute approximate surface area is 107 Å². The zero-order valence-corrected chi connectivity index (χ0v) is 10.8. The maximum absolute atomic E-state index is 9.04. The number of hydrogen-bond donors (Lipinski definition) is 1. The number of nitrogens with zero attached hydrogens (tertiary/aromatic N) is 2. The molecule has 1 aromatic heterocycles.